The molecule has 9 heavy (non-hydrogen) atoms. The van der Waals surface area contributed by atoms with Gasteiger partial charge in [-0.1, -0.05) is 5.16 Å². The highest BCUT2D eigenvalue weighted by Crippen LogP contribution is 2.21. The van der Waals surface area contributed by atoms with Gasteiger partial charge in [0.05, 0.1) is 17.7 Å². The van der Waals surface area contributed by atoms with E-state index in [9.17, 15) is 0 Å². The number of hydrogen-bond donors (Lipinski definition) is 1. The Kier molecular flexibility index (Phi) is 1.69. The first-order chi connectivity index (χ1) is 4.38. The quantitative estimate of drug-likeness (QED) is 0.389. The molecule has 0 spiro atoms. The summed E-state index contributed by atoms with van der Waals surface area (Å²) in [5.41, 5.74) is 0.650. The second-order valence-electron chi connectivity index (χ2n) is 2.17. The number of nitrogens with zero attached hydrogens (tertiary/aromatic N) is 2. The lowest BCUT2D eigenvalue weighted by Gasteiger charge is -1.93. The van der Waals surface area contributed by atoms with Gasteiger partial charge in [-0.2, -0.15) is 5.26 Å². The van der Waals surface area contributed by atoms with E-state index < -0.39 is 0 Å². The molecule has 0 aromatic heterocycles. The second kappa shape index (κ2) is 2.49. The number of nitriles is 1. The minimum absolute atomic E-state index is 0.116. The molecule has 0 unspecified atom stereocenters. The maximum atomic E-state index is 8.43. The molecule has 0 aromatic carbocycles. The zero-order valence-corrected chi connectivity index (χ0v) is 5.04. The summed E-state index contributed by atoms with van der Waals surface area (Å²) in [6.07, 6.45) is 2.63. The molecule has 0 radical (unpaired) electrons. The van der Waals surface area contributed by atoms with Gasteiger partial charge in [0.1, 0.15) is 0 Å². The Morgan fingerprint density at radius 1 is 1.78 bits per heavy atom. The van der Waals surface area contributed by atoms with Crippen LogP contribution in [0.15, 0.2) is 5.16 Å². The van der Waals surface area contributed by atoms with Gasteiger partial charge in [0.2, 0.25) is 0 Å². The van der Waals surface area contributed by atoms with Crippen LogP contribution in [0.5, 0.6) is 0 Å². The van der Waals surface area contributed by atoms with E-state index >= 15 is 0 Å². The summed E-state index contributed by atoms with van der Waals surface area (Å²) in [4.78, 5) is 0. The molecular formula is C6H8N2O. The van der Waals surface area contributed by atoms with Crippen molar-refractivity contribution in [2.45, 2.75) is 19.3 Å². The Labute approximate surface area is 53.6 Å². The van der Waals surface area contributed by atoms with E-state index in [4.69, 9.17) is 10.5 Å². The van der Waals surface area contributed by atoms with Gasteiger partial charge in [-0.15, -0.1) is 0 Å². The highest BCUT2D eigenvalue weighted by atomic mass is 16.4. The van der Waals surface area contributed by atoms with Crippen molar-refractivity contribution >= 4 is 5.71 Å². The van der Waals surface area contributed by atoms with E-state index in [0.717, 1.165) is 19.3 Å². The molecule has 0 aromatic rings. The largest absolute Gasteiger partial charge is 0.411 e. The Morgan fingerprint density at radius 3 is 3.00 bits per heavy atom. The van der Waals surface area contributed by atoms with Crippen LogP contribution in [0.2, 0.25) is 0 Å². The Morgan fingerprint density at radius 2 is 2.56 bits per heavy atom. The molecule has 48 valence electrons. The lowest BCUT2D eigenvalue weighted by molar-refractivity contribution is 0.316. The maximum Gasteiger partial charge on any atom is 0.0878 e. The highest BCUT2D eigenvalue weighted by Gasteiger charge is 2.21. The van der Waals surface area contributed by atoms with Gasteiger partial charge in [-0.25, -0.2) is 0 Å². The number of rotatable bonds is 0. The fourth-order valence-electron chi connectivity index (χ4n) is 1.09. The van der Waals surface area contributed by atoms with Crippen LogP contribution in [0.3, 0.4) is 0 Å². The molecular weight excluding hydrogens is 116 g/mol. The molecule has 0 bridgehead atoms. The smallest absolute Gasteiger partial charge is 0.0878 e. The lowest BCUT2D eigenvalue weighted by atomic mass is 10.1. The standard InChI is InChI=1S/C6H8N2O/c7-4-5-2-1-3-6(5)8-9/h5,9H,1-3H2/b8-6-/t5-/m1/s1. The average Bonchev–Trinajstić information content (AvgIpc) is 2.33. The van der Waals surface area contributed by atoms with Crippen LogP contribution in [-0.2, 0) is 0 Å². The summed E-state index contributed by atoms with van der Waals surface area (Å²) in [5.74, 6) is -0.116. The van der Waals surface area contributed by atoms with Gasteiger partial charge in [-0.05, 0) is 19.3 Å². The minimum atomic E-state index is -0.116. The summed E-state index contributed by atoms with van der Waals surface area (Å²) >= 11 is 0. The monoisotopic (exact) mass is 124 g/mol. The van der Waals surface area contributed by atoms with E-state index in [1.54, 1.807) is 0 Å². The van der Waals surface area contributed by atoms with E-state index in [-0.39, 0.29) is 5.92 Å². The highest BCUT2D eigenvalue weighted by molar-refractivity contribution is 5.89. The third-order valence-corrected chi connectivity index (χ3v) is 1.61. The lowest BCUT2D eigenvalue weighted by Crippen LogP contribution is -2.02. The third-order valence-electron chi connectivity index (χ3n) is 1.61. The van der Waals surface area contributed by atoms with Crippen LogP contribution in [0.25, 0.3) is 0 Å². The van der Waals surface area contributed by atoms with Gasteiger partial charge in [0.15, 0.2) is 0 Å². The first-order valence-electron chi connectivity index (χ1n) is 2.99. The molecule has 0 aliphatic heterocycles. The van der Waals surface area contributed by atoms with E-state index in [1.165, 1.54) is 0 Å². The summed E-state index contributed by atoms with van der Waals surface area (Å²) in [7, 11) is 0. The summed E-state index contributed by atoms with van der Waals surface area (Å²) < 4.78 is 0. The topological polar surface area (TPSA) is 56.4 Å². The Hall–Kier alpha value is -1.04. The molecule has 1 saturated carbocycles. The maximum absolute atomic E-state index is 8.43. The van der Waals surface area contributed by atoms with Crippen LogP contribution in [-0.4, -0.2) is 10.9 Å². The van der Waals surface area contributed by atoms with E-state index in [1.807, 2.05) is 0 Å². The number of oxime groups is 1. The fourth-order valence-corrected chi connectivity index (χ4v) is 1.09. The average molecular weight is 124 g/mol. The van der Waals surface area contributed by atoms with Crippen molar-refractivity contribution < 1.29 is 5.21 Å². The van der Waals surface area contributed by atoms with Gasteiger partial charge in [0, 0.05) is 0 Å². The zero-order valence-electron chi connectivity index (χ0n) is 5.04. The van der Waals surface area contributed by atoms with Crippen molar-refractivity contribution in [1.29, 1.82) is 5.26 Å². The Balaban J connectivity index is 2.65. The normalized spacial score (nSPS) is 30.6. The predicted molar refractivity (Wildman–Crippen MR) is 32.2 cm³/mol. The van der Waals surface area contributed by atoms with Crippen molar-refractivity contribution in [3.8, 4) is 6.07 Å². The van der Waals surface area contributed by atoms with Crippen molar-refractivity contribution in [2.24, 2.45) is 11.1 Å². The van der Waals surface area contributed by atoms with Crippen molar-refractivity contribution in [1.82, 2.24) is 0 Å². The third kappa shape index (κ3) is 1.02. The second-order valence-corrected chi connectivity index (χ2v) is 2.17. The SMILES string of the molecule is N#C[C@H]1CCC/C1=N/O. The van der Waals surface area contributed by atoms with Gasteiger partial charge in [0.25, 0.3) is 0 Å². The van der Waals surface area contributed by atoms with Gasteiger partial charge in [-0.3, -0.25) is 0 Å². The molecule has 0 amide bonds. The molecule has 0 heterocycles. The van der Waals surface area contributed by atoms with Gasteiger partial charge < -0.3 is 5.21 Å². The van der Waals surface area contributed by atoms with Crippen LogP contribution < -0.4 is 0 Å². The molecule has 3 heteroatoms. The van der Waals surface area contributed by atoms with Crippen LogP contribution >= 0.6 is 0 Å². The zero-order chi connectivity index (χ0) is 6.69. The van der Waals surface area contributed by atoms with Crippen molar-refractivity contribution in [3.05, 3.63) is 0 Å². The first-order valence-corrected chi connectivity index (χ1v) is 2.99. The summed E-state index contributed by atoms with van der Waals surface area (Å²) in [6, 6.07) is 2.07. The molecule has 1 fully saturated rings. The van der Waals surface area contributed by atoms with Gasteiger partial charge >= 0.3 is 0 Å². The summed E-state index contributed by atoms with van der Waals surface area (Å²) in [5, 5.41) is 19.8. The molecule has 1 atom stereocenters. The predicted octanol–water partition coefficient (Wildman–Crippen LogP) is 1.14. The molecule has 3 nitrogen and oxygen atoms in total. The van der Waals surface area contributed by atoms with Crippen molar-refractivity contribution in [3.63, 3.8) is 0 Å². The number of hydrogen-bond acceptors (Lipinski definition) is 3. The first kappa shape index (κ1) is 6.09. The molecule has 1 aliphatic rings. The fraction of sp³-hybridized carbons (Fsp3) is 0.667. The Bertz CT molecular complexity index is 168. The van der Waals surface area contributed by atoms with E-state index in [0.29, 0.717) is 5.71 Å². The molecule has 1 aliphatic carbocycles. The van der Waals surface area contributed by atoms with Crippen molar-refractivity contribution in [2.75, 3.05) is 0 Å². The van der Waals surface area contributed by atoms with Crippen LogP contribution in [0.4, 0.5) is 0 Å². The molecule has 1 N–H and O–H groups in total. The van der Waals surface area contributed by atoms with Crippen LogP contribution in [0, 0.1) is 17.2 Å². The van der Waals surface area contributed by atoms with Crippen LogP contribution in [0.1, 0.15) is 19.3 Å². The molecule has 1 rings (SSSR count). The molecule has 0 saturated heterocycles. The van der Waals surface area contributed by atoms with E-state index in [2.05, 4.69) is 11.2 Å². The summed E-state index contributed by atoms with van der Waals surface area (Å²) in [6.45, 7) is 0. The minimum Gasteiger partial charge on any atom is -0.411 e.